The van der Waals surface area contributed by atoms with Crippen molar-refractivity contribution in [2.24, 2.45) is 0 Å². The summed E-state index contributed by atoms with van der Waals surface area (Å²) in [5.41, 5.74) is 0.657. The third-order valence-corrected chi connectivity index (χ3v) is 1.74. The SMILES string of the molecule is Cc1c(O)cccc1OC(C)C#N. The molecule has 68 valence electrons. The van der Waals surface area contributed by atoms with E-state index in [2.05, 4.69) is 0 Å². The van der Waals surface area contributed by atoms with Crippen molar-refractivity contribution >= 4 is 0 Å². The fourth-order valence-electron chi connectivity index (χ4n) is 0.947. The smallest absolute Gasteiger partial charge is 0.181 e. The van der Waals surface area contributed by atoms with Crippen LogP contribution in [0.3, 0.4) is 0 Å². The van der Waals surface area contributed by atoms with Crippen LogP contribution < -0.4 is 4.74 Å². The molecule has 1 aromatic carbocycles. The van der Waals surface area contributed by atoms with Crippen molar-refractivity contribution in [3.05, 3.63) is 23.8 Å². The lowest BCUT2D eigenvalue weighted by atomic mass is 10.2. The van der Waals surface area contributed by atoms with Crippen LogP contribution in [0.15, 0.2) is 18.2 Å². The highest BCUT2D eigenvalue weighted by molar-refractivity contribution is 5.42. The van der Waals surface area contributed by atoms with E-state index in [0.29, 0.717) is 11.3 Å². The molecule has 3 heteroatoms. The number of nitriles is 1. The standard InChI is InChI=1S/C10H11NO2/c1-7(6-11)13-10-5-3-4-9(12)8(10)2/h3-5,7,12H,1-2H3. The molecule has 0 fully saturated rings. The normalized spacial score (nSPS) is 11.8. The first-order valence-corrected chi connectivity index (χ1v) is 4.00. The maximum atomic E-state index is 9.32. The van der Waals surface area contributed by atoms with Gasteiger partial charge in [0.15, 0.2) is 6.10 Å². The molecule has 0 bridgehead atoms. The largest absolute Gasteiger partial charge is 0.508 e. The number of ether oxygens (including phenoxy) is 1. The summed E-state index contributed by atoms with van der Waals surface area (Å²) in [7, 11) is 0. The zero-order valence-electron chi connectivity index (χ0n) is 7.61. The van der Waals surface area contributed by atoms with Crippen molar-refractivity contribution < 1.29 is 9.84 Å². The Morgan fingerprint density at radius 2 is 2.23 bits per heavy atom. The number of rotatable bonds is 2. The van der Waals surface area contributed by atoms with E-state index in [4.69, 9.17) is 10.00 Å². The molecule has 0 aromatic heterocycles. The Morgan fingerprint density at radius 1 is 1.54 bits per heavy atom. The number of hydrogen-bond acceptors (Lipinski definition) is 3. The lowest BCUT2D eigenvalue weighted by Gasteiger charge is -2.10. The van der Waals surface area contributed by atoms with Crippen molar-refractivity contribution in [2.45, 2.75) is 20.0 Å². The van der Waals surface area contributed by atoms with Gasteiger partial charge in [0.2, 0.25) is 0 Å². The molecule has 1 unspecified atom stereocenters. The van der Waals surface area contributed by atoms with Crippen LogP contribution in [0.1, 0.15) is 12.5 Å². The van der Waals surface area contributed by atoms with E-state index >= 15 is 0 Å². The van der Waals surface area contributed by atoms with Gasteiger partial charge in [-0.2, -0.15) is 5.26 Å². The van der Waals surface area contributed by atoms with Crippen LogP contribution in [0.2, 0.25) is 0 Å². The van der Waals surface area contributed by atoms with Crippen LogP contribution in [0.5, 0.6) is 11.5 Å². The highest BCUT2D eigenvalue weighted by Crippen LogP contribution is 2.26. The van der Waals surface area contributed by atoms with E-state index in [1.165, 1.54) is 0 Å². The second-order valence-corrected chi connectivity index (χ2v) is 2.79. The van der Waals surface area contributed by atoms with E-state index < -0.39 is 6.10 Å². The van der Waals surface area contributed by atoms with Crippen LogP contribution in [0.25, 0.3) is 0 Å². The number of aromatic hydroxyl groups is 1. The molecule has 0 radical (unpaired) electrons. The molecule has 0 amide bonds. The summed E-state index contributed by atoms with van der Waals surface area (Å²) >= 11 is 0. The number of hydrogen-bond donors (Lipinski definition) is 1. The van der Waals surface area contributed by atoms with Gasteiger partial charge in [0.05, 0.1) is 0 Å². The minimum absolute atomic E-state index is 0.183. The molecule has 0 aliphatic rings. The van der Waals surface area contributed by atoms with Crippen molar-refractivity contribution in [2.75, 3.05) is 0 Å². The Bertz CT molecular complexity index is 341. The van der Waals surface area contributed by atoms with Crippen LogP contribution in [-0.4, -0.2) is 11.2 Å². The Balaban J connectivity index is 2.90. The third kappa shape index (κ3) is 2.12. The highest BCUT2D eigenvalue weighted by atomic mass is 16.5. The molecular weight excluding hydrogens is 166 g/mol. The second-order valence-electron chi connectivity index (χ2n) is 2.79. The zero-order chi connectivity index (χ0) is 9.84. The lowest BCUT2D eigenvalue weighted by molar-refractivity contribution is 0.273. The fraction of sp³-hybridized carbons (Fsp3) is 0.300. The quantitative estimate of drug-likeness (QED) is 0.751. The molecule has 0 aliphatic carbocycles. The van der Waals surface area contributed by atoms with Gasteiger partial charge >= 0.3 is 0 Å². The van der Waals surface area contributed by atoms with E-state index in [0.717, 1.165) is 0 Å². The van der Waals surface area contributed by atoms with E-state index in [1.54, 1.807) is 32.0 Å². The molecule has 0 aliphatic heterocycles. The summed E-state index contributed by atoms with van der Waals surface area (Å²) in [6.45, 7) is 3.40. The summed E-state index contributed by atoms with van der Waals surface area (Å²) in [5, 5.41) is 17.8. The van der Waals surface area contributed by atoms with Gasteiger partial charge in [-0.15, -0.1) is 0 Å². The Labute approximate surface area is 77.2 Å². The summed E-state index contributed by atoms with van der Waals surface area (Å²) < 4.78 is 5.25. The Morgan fingerprint density at radius 3 is 2.85 bits per heavy atom. The fourth-order valence-corrected chi connectivity index (χ4v) is 0.947. The molecular formula is C10H11NO2. The minimum Gasteiger partial charge on any atom is -0.508 e. The monoisotopic (exact) mass is 177 g/mol. The lowest BCUT2D eigenvalue weighted by Crippen LogP contribution is -2.08. The maximum Gasteiger partial charge on any atom is 0.181 e. The van der Waals surface area contributed by atoms with Crippen LogP contribution in [-0.2, 0) is 0 Å². The molecule has 0 spiro atoms. The van der Waals surface area contributed by atoms with Gasteiger partial charge in [-0.3, -0.25) is 0 Å². The average molecular weight is 177 g/mol. The van der Waals surface area contributed by atoms with Gasteiger partial charge < -0.3 is 9.84 Å². The summed E-state index contributed by atoms with van der Waals surface area (Å²) in [6, 6.07) is 6.95. The molecule has 13 heavy (non-hydrogen) atoms. The Kier molecular flexibility index (Phi) is 2.76. The van der Waals surface area contributed by atoms with Crippen molar-refractivity contribution in [3.63, 3.8) is 0 Å². The second kappa shape index (κ2) is 3.81. The number of phenolic OH excluding ortho intramolecular Hbond substituents is 1. The molecule has 1 N–H and O–H groups in total. The predicted molar refractivity (Wildman–Crippen MR) is 48.5 cm³/mol. The molecule has 1 aromatic rings. The molecule has 0 heterocycles. The van der Waals surface area contributed by atoms with Crippen molar-refractivity contribution in [1.29, 1.82) is 5.26 Å². The van der Waals surface area contributed by atoms with Crippen molar-refractivity contribution in [3.8, 4) is 17.6 Å². The maximum absolute atomic E-state index is 9.32. The van der Waals surface area contributed by atoms with E-state index in [-0.39, 0.29) is 5.75 Å². The summed E-state index contributed by atoms with van der Waals surface area (Å²) in [4.78, 5) is 0. The van der Waals surface area contributed by atoms with Crippen LogP contribution in [0.4, 0.5) is 0 Å². The first-order valence-electron chi connectivity index (χ1n) is 4.00. The number of phenols is 1. The summed E-state index contributed by atoms with van der Waals surface area (Å²) in [5.74, 6) is 0.733. The molecule has 0 saturated carbocycles. The summed E-state index contributed by atoms with van der Waals surface area (Å²) in [6.07, 6.45) is -0.500. The molecule has 0 saturated heterocycles. The first-order chi connectivity index (χ1) is 6.15. The topological polar surface area (TPSA) is 53.2 Å². The van der Waals surface area contributed by atoms with Crippen molar-refractivity contribution in [1.82, 2.24) is 0 Å². The van der Waals surface area contributed by atoms with E-state index in [9.17, 15) is 5.11 Å². The average Bonchev–Trinajstić information content (AvgIpc) is 2.13. The molecule has 1 rings (SSSR count). The van der Waals surface area contributed by atoms with Gasteiger partial charge in [-0.05, 0) is 26.0 Å². The van der Waals surface area contributed by atoms with Gasteiger partial charge in [-0.25, -0.2) is 0 Å². The molecule has 1 atom stereocenters. The molecule has 3 nitrogen and oxygen atoms in total. The number of nitrogens with zero attached hydrogens (tertiary/aromatic N) is 1. The highest BCUT2D eigenvalue weighted by Gasteiger charge is 2.06. The number of benzene rings is 1. The van der Waals surface area contributed by atoms with Gasteiger partial charge in [0, 0.05) is 5.56 Å². The van der Waals surface area contributed by atoms with Gasteiger partial charge in [0.1, 0.15) is 17.6 Å². The van der Waals surface area contributed by atoms with Crippen LogP contribution in [0, 0.1) is 18.3 Å². The van der Waals surface area contributed by atoms with E-state index in [1.807, 2.05) is 6.07 Å². The van der Waals surface area contributed by atoms with Gasteiger partial charge in [0.25, 0.3) is 0 Å². The Hall–Kier alpha value is -1.69. The van der Waals surface area contributed by atoms with Crippen LogP contribution >= 0.6 is 0 Å². The predicted octanol–water partition coefficient (Wildman–Crippen LogP) is 1.99. The zero-order valence-corrected chi connectivity index (χ0v) is 7.61. The minimum atomic E-state index is -0.500. The van der Waals surface area contributed by atoms with Gasteiger partial charge in [-0.1, -0.05) is 6.07 Å². The first kappa shape index (κ1) is 9.40. The third-order valence-electron chi connectivity index (χ3n) is 1.74.